The van der Waals surface area contributed by atoms with Crippen molar-refractivity contribution in [2.45, 2.75) is 31.4 Å². The van der Waals surface area contributed by atoms with Gasteiger partial charge in [-0.25, -0.2) is 12.7 Å². The zero-order valence-corrected chi connectivity index (χ0v) is 15.2. The minimum absolute atomic E-state index is 0.0229. The van der Waals surface area contributed by atoms with Gasteiger partial charge in [0, 0.05) is 37.8 Å². The fraction of sp³-hybridized carbons (Fsp3) is 0.588. The van der Waals surface area contributed by atoms with Crippen LogP contribution in [0.5, 0.6) is 5.75 Å². The van der Waals surface area contributed by atoms with Gasteiger partial charge in [-0.05, 0) is 37.5 Å². The smallest absolute Gasteiger partial charge is 0.254 e. The minimum Gasteiger partial charge on any atom is -0.490 e. The first-order valence-corrected chi connectivity index (χ1v) is 10.4. The number of nitrogens with zero attached hydrogens (tertiary/aromatic N) is 2. The van der Waals surface area contributed by atoms with Gasteiger partial charge in [0.15, 0.2) is 0 Å². The van der Waals surface area contributed by atoms with Gasteiger partial charge in [0.05, 0.1) is 6.26 Å². The number of piperidine rings is 1. The summed E-state index contributed by atoms with van der Waals surface area (Å²) in [5, 5.41) is 0. The zero-order chi connectivity index (χ0) is 18.0. The third-order valence-electron chi connectivity index (χ3n) is 4.77. The van der Waals surface area contributed by atoms with Crippen LogP contribution in [-0.4, -0.2) is 68.1 Å². The predicted molar refractivity (Wildman–Crippen MR) is 95.0 cm³/mol. The monoisotopic (exact) mass is 367 g/mol. The molecule has 2 aliphatic rings. The molecule has 2 N–H and O–H groups in total. The Morgan fingerprint density at radius 1 is 1.20 bits per heavy atom. The summed E-state index contributed by atoms with van der Waals surface area (Å²) in [6.45, 7) is 2.21. The average Bonchev–Trinajstić information content (AvgIpc) is 3.00. The van der Waals surface area contributed by atoms with Crippen LogP contribution >= 0.6 is 0 Å². The fourth-order valence-corrected chi connectivity index (χ4v) is 4.20. The molecule has 0 aromatic heterocycles. The Morgan fingerprint density at radius 3 is 2.52 bits per heavy atom. The molecule has 1 atom stereocenters. The molecule has 1 aromatic rings. The molecule has 8 heteroatoms. The van der Waals surface area contributed by atoms with Gasteiger partial charge in [-0.1, -0.05) is 6.07 Å². The van der Waals surface area contributed by atoms with Crippen molar-refractivity contribution in [2.75, 3.05) is 32.4 Å². The zero-order valence-electron chi connectivity index (χ0n) is 14.4. The van der Waals surface area contributed by atoms with Crippen molar-refractivity contribution in [3.63, 3.8) is 0 Å². The van der Waals surface area contributed by atoms with Crippen molar-refractivity contribution >= 4 is 15.9 Å². The predicted octanol–water partition coefficient (Wildman–Crippen LogP) is 0.663. The molecule has 0 spiro atoms. The number of carbonyl (C=O) groups is 1. The Morgan fingerprint density at radius 2 is 1.92 bits per heavy atom. The second-order valence-electron chi connectivity index (χ2n) is 6.81. The maximum Gasteiger partial charge on any atom is 0.254 e. The Balaban J connectivity index is 1.60. The largest absolute Gasteiger partial charge is 0.490 e. The normalized spacial score (nSPS) is 23.0. The second kappa shape index (κ2) is 7.31. The highest BCUT2D eigenvalue weighted by Gasteiger charge is 2.27. The Bertz CT molecular complexity index is 729. The molecule has 0 saturated carbocycles. The molecule has 0 aliphatic carbocycles. The van der Waals surface area contributed by atoms with E-state index in [1.165, 1.54) is 10.6 Å². The molecule has 0 radical (unpaired) electrons. The first kappa shape index (κ1) is 18.2. The van der Waals surface area contributed by atoms with E-state index in [9.17, 15) is 13.2 Å². The summed E-state index contributed by atoms with van der Waals surface area (Å²) < 4.78 is 30.6. The summed E-state index contributed by atoms with van der Waals surface area (Å²) in [7, 11) is -3.14. The van der Waals surface area contributed by atoms with E-state index >= 15 is 0 Å². The van der Waals surface area contributed by atoms with Crippen LogP contribution in [0.3, 0.4) is 0 Å². The molecule has 138 valence electrons. The molecule has 1 aromatic carbocycles. The average molecular weight is 367 g/mol. The van der Waals surface area contributed by atoms with Crippen LogP contribution in [0.1, 0.15) is 29.6 Å². The molecule has 2 fully saturated rings. The quantitative estimate of drug-likeness (QED) is 0.844. The number of amides is 1. The molecule has 2 saturated heterocycles. The first-order valence-electron chi connectivity index (χ1n) is 8.59. The second-order valence-corrected chi connectivity index (χ2v) is 8.79. The Labute approximate surface area is 148 Å². The lowest BCUT2D eigenvalue weighted by Gasteiger charge is -2.30. The van der Waals surface area contributed by atoms with Gasteiger partial charge in [0.2, 0.25) is 10.0 Å². The van der Waals surface area contributed by atoms with Crippen LogP contribution in [0, 0.1) is 0 Å². The summed E-state index contributed by atoms with van der Waals surface area (Å²) in [6.07, 6.45) is 3.32. The number of carbonyl (C=O) groups excluding carboxylic acids is 1. The van der Waals surface area contributed by atoms with Crippen molar-refractivity contribution in [2.24, 2.45) is 5.73 Å². The van der Waals surface area contributed by atoms with Gasteiger partial charge >= 0.3 is 0 Å². The lowest BCUT2D eigenvalue weighted by atomic mass is 10.1. The molecule has 25 heavy (non-hydrogen) atoms. The van der Waals surface area contributed by atoms with E-state index in [4.69, 9.17) is 10.5 Å². The van der Waals surface area contributed by atoms with E-state index in [1.807, 2.05) is 12.1 Å². The summed E-state index contributed by atoms with van der Waals surface area (Å²) >= 11 is 0. The minimum atomic E-state index is -3.14. The van der Waals surface area contributed by atoms with Crippen molar-refractivity contribution in [3.05, 3.63) is 29.8 Å². The van der Waals surface area contributed by atoms with Gasteiger partial charge in [-0.2, -0.15) is 0 Å². The highest BCUT2D eigenvalue weighted by molar-refractivity contribution is 7.88. The number of rotatable bonds is 4. The summed E-state index contributed by atoms with van der Waals surface area (Å²) in [5.41, 5.74) is 6.47. The maximum absolute atomic E-state index is 12.5. The molecule has 2 aliphatic heterocycles. The molecule has 0 unspecified atom stereocenters. The summed E-state index contributed by atoms with van der Waals surface area (Å²) in [6, 6.07) is 7.24. The highest BCUT2D eigenvalue weighted by Crippen LogP contribution is 2.22. The lowest BCUT2D eigenvalue weighted by Crippen LogP contribution is -2.41. The number of nitrogens with two attached hydrogens (primary N) is 1. The SMILES string of the molecule is CS(=O)(=O)N1CCC(Oc2cccc(C(=O)N3CC[C@@H](N)C3)c2)CC1. The van der Waals surface area contributed by atoms with Crippen LogP contribution < -0.4 is 10.5 Å². The molecule has 1 amide bonds. The van der Waals surface area contributed by atoms with Crippen LogP contribution in [0.2, 0.25) is 0 Å². The standard InChI is InChI=1S/C17H25N3O4S/c1-25(22,23)20-9-6-15(7-10-20)24-16-4-2-3-13(11-16)17(21)19-8-5-14(18)12-19/h2-4,11,14-15H,5-10,12,18H2,1H3/t14-/m1/s1. The van der Waals surface area contributed by atoms with Crippen LogP contribution in [0.4, 0.5) is 0 Å². The number of sulfonamides is 1. The van der Waals surface area contributed by atoms with Gasteiger partial charge in [-0.3, -0.25) is 4.79 Å². The van der Waals surface area contributed by atoms with Gasteiger partial charge in [0.1, 0.15) is 11.9 Å². The molecule has 3 rings (SSSR count). The van der Waals surface area contributed by atoms with Crippen molar-refractivity contribution in [1.29, 1.82) is 0 Å². The molecular weight excluding hydrogens is 342 g/mol. The number of hydrogen-bond donors (Lipinski definition) is 1. The molecular formula is C17H25N3O4S. The fourth-order valence-electron chi connectivity index (χ4n) is 3.33. The highest BCUT2D eigenvalue weighted by atomic mass is 32.2. The van der Waals surface area contributed by atoms with Gasteiger partial charge in [-0.15, -0.1) is 0 Å². The van der Waals surface area contributed by atoms with E-state index < -0.39 is 10.0 Å². The Kier molecular flexibility index (Phi) is 5.31. The van der Waals surface area contributed by atoms with E-state index in [2.05, 4.69) is 0 Å². The van der Waals surface area contributed by atoms with Gasteiger partial charge < -0.3 is 15.4 Å². The number of benzene rings is 1. The maximum atomic E-state index is 12.5. The van der Waals surface area contributed by atoms with E-state index in [-0.39, 0.29) is 18.1 Å². The number of hydrogen-bond acceptors (Lipinski definition) is 5. The first-order chi connectivity index (χ1) is 11.8. The van der Waals surface area contributed by atoms with E-state index in [1.54, 1.807) is 17.0 Å². The Hall–Kier alpha value is -1.64. The molecule has 7 nitrogen and oxygen atoms in total. The third kappa shape index (κ3) is 4.50. The van der Waals surface area contributed by atoms with E-state index in [0.717, 1.165) is 6.42 Å². The van der Waals surface area contributed by atoms with Crippen molar-refractivity contribution in [1.82, 2.24) is 9.21 Å². The third-order valence-corrected chi connectivity index (χ3v) is 6.07. The van der Waals surface area contributed by atoms with Gasteiger partial charge in [0.25, 0.3) is 5.91 Å². The number of likely N-dealkylation sites (tertiary alicyclic amines) is 1. The summed E-state index contributed by atoms with van der Waals surface area (Å²) in [5.74, 6) is 0.623. The van der Waals surface area contributed by atoms with Crippen LogP contribution in [0.15, 0.2) is 24.3 Å². The summed E-state index contributed by atoms with van der Waals surface area (Å²) in [4.78, 5) is 14.3. The lowest BCUT2D eigenvalue weighted by molar-refractivity contribution is 0.0789. The van der Waals surface area contributed by atoms with Crippen molar-refractivity contribution < 1.29 is 17.9 Å². The van der Waals surface area contributed by atoms with E-state index in [0.29, 0.717) is 50.3 Å². The molecule has 0 bridgehead atoms. The van der Waals surface area contributed by atoms with Crippen LogP contribution in [0.25, 0.3) is 0 Å². The topological polar surface area (TPSA) is 92.9 Å². The number of ether oxygens (including phenoxy) is 1. The molecule has 2 heterocycles. The van der Waals surface area contributed by atoms with Crippen LogP contribution in [-0.2, 0) is 10.0 Å². The van der Waals surface area contributed by atoms with Crippen molar-refractivity contribution in [3.8, 4) is 5.75 Å².